The first-order chi connectivity index (χ1) is 15.8. The Morgan fingerprint density at radius 3 is 2.18 bits per heavy atom. The fraction of sp³-hybridized carbons (Fsp3) is 0.296. The highest BCUT2D eigenvalue weighted by Crippen LogP contribution is 2.24. The van der Waals surface area contributed by atoms with Crippen molar-refractivity contribution in [2.24, 2.45) is 5.92 Å². The molecule has 0 fully saturated rings. The maximum atomic E-state index is 12.8. The Labute approximate surface area is 194 Å². The lowest BCUT2D eigenvalue weighted by Gasteiger charge is -2.10. The molecule has 0 saturated heterocycles. The monoisotopic (exact) mass is 442 g/mol. The number of aryl methyl sites for hydroxylation is 1. The van der Waals surface area contributed by atoms with Gasteiger partial charge in [-0.15, -0.1) is 10.2 Å². The maximum absolute atomic E-state index is 12.8. The Morgan fingerprint density at radius 1 is 0.939 bits per heavy atom. The summed E-state index contributed by atoms with van der Waals surface area (Å²) in [6.07, 6.45) is 0. The van der Waals surface area contributed by atoms with E-state index < -0.39 is 0 Å². The van der Waals surface area contributed by atoms with Crippen LogP contribution in [0.25, 0.3) is 16.7 Å². The van der Waals surface area contributed by atoms with Crippen LogP contribution in [0.4, 0.5) is 5.69 Å². The van der Waals surface area contributed by atoms with Crippen LogP contribution in [0.3, 0.4) is 0 Å². The number of fused-ring (bicyclic) bond motifs is 1. The van der Waals surface area contributed by atoms with Crippen LogP contribution in [0.2, 0.25) is 0 Å². The molecule has 6 heteroatoms. The van der Waals surface area contributed by atoms with Crippen molar-refractivity contribution in [3.8, 4) is 11.4 Å². The summed E-state index contributed by atoms with van der Waals surface area (Å²) in [5, 5.41) is 12.2. The molecular formula is C27H30N4O2. The van der Waals surface area contributed by atoms with Crippen molar-refractivity contribution in [3.63, 3.8) is 0 Å². The van der Waals surface area contributed by atoms with E-state index in [-0.39, 0.29) is 5.91 Å². The zero-order valence-corrected chi connectivity index (χ0v) is 19.8. The van der Waals surface area contributed by atoms with Crippen molar-refractivity contribution in [2.75, 3.05) is 11.9 Å². The van der Waals surface area contributed by atoms with E-state index in [1.165, 1.54) is 5.56 Å². The third-order valence-electron chi connectivity index (χ3n) is 5.47. The lowest BCUT2D eigenvalue weighted by molar-refractivity contribution is 0.102. The van der Waals surface area contributed by atoms with Crippen molar-refractivity contribution in [1.29, 1.82) is 0 Å². The fourth-order valence-electron chi connectivity index (χ4n) is 3.47. The second kappa shape index (κ2) is 9.45. The van der Waals surface area contributed by atoms with E-state index in [2.05, 4.69) is 55.3 Å². The van der Waals surface area contributed by atoms with Gasteiger partial charge in [-0.1, -0.05) is 39.8 Å². The molecular weight excluding hydrogens is 412 g/mol. The number of nitrogens with one attached hydrogen (secondary N) is 1. The van der Waals surface area contributed by atoms with Crippen molar-refractivity contribution in [1.82, 2.24) is 15.0 Å². The molecule has 0 aliphatic rings. The highest BCUT2D eigenvalue weighted by Gasteiger charge is 2.12. The van der Waals surface area contributed by atoms with Gasteiger partial charge in [0.1, 0.15) is 16.8 Å². The summed E-state index contributed by atoms with van der Waals surface area (Å²) in [7, 11) is 0. The molecule has 1 aromatic heterocycles. The predicted octanol–water partition coefficient (Wildman–Crippen LogP) is 6.14. The molecule has 0 unspecified atom stereocenters. The van der Waals surface area contributed by atoms with Gasteiger partial charge in [0.05, 0.1) is 12.3 Å². The number of ether oxygens (including phenoxy) is 1. The lowest BCUT2D eigenvalue weighted by Crippen LogP contribution is -2.13. The average Bonchev–Trinajstić information content (AvgIpc) is 3.21. The molecule has 4 rings (SSSR count). The fourth-order valence-corrected chi connectivity index (χ4v) is 3.47. The molecule has 1 heterocycles. The summed E-state index contributed by atoms with van der Waals surface area (Å²) in [6, 6.07) is 19.3. The molecule has 0 spiro atoms. The highest BCUT2D eigenvalue weighted by atomic mass is 16.5. The number of rotatable bonds is 7. The smallest absolute Gasteiger partial charge is 0.255 e. The minimum absolute atomic E-state index is 0.176. The minimum Gasteiger partial charge on any atom is -0.493 e. The number of anilines is 1. The number of hydrogen-bond acceptors (Lipinski definition) is 4. The van der Waals surface area contributed by atoms with Crippen molar-refractivity contribution < 1.29 is 9.53 Å². The van der Waals surface area contributed by atoms with E-state index in [0.29, 0.717) is 24.0 Å². The Kier molecular flexibility index (Phi) is 6.45. The molecule has 33 heavy (non-hydrogen) atoms. The molecule has 1 amide bonds. The Morgan fingerprint density at radius 2 is 1.58 bits per heavy atom. The second-order valence-corrected chi connectivity index (χ2v) is 9.07. The molecule has 0 aliphatic carbocycles. The van der Waals surface area contributed by atoms with Gasteiger partial charge >= 0.3 is 0 Å². The van der Waals surface area contributed by atoms with Crippen molar-refractivity contribution >= 4 is 22.6 Å². The largest absolute Gasteiger partial charge is 0.493 e. The van der Waals surface area contributed by atoms with Gasteiger partial charge in [0.2, 0.25) is 0 Å². The number of nitrogens with zero attached hydrogens (tertiary/aromatic N) is 3. The molecule has 0 radical (unpaired) electrons. The van der Waals surface area contributed by atoms with Gasteiger partial charge in [-0.3, -0.25) is 4.79 Å². The highest BCUT2D eigenvalue weighted by molar-refractivity contribution is 6.05. The predicted molar refractivity (Wildman–Crippen MR) is 132 cm³/mol. The molecule has 0 bridgehead atoms. The van der Waals surface area contributed by atoms with E-state index in [0.717, 1.165) is 33.7 Å². The Balaban J connectivity index is 1.52. The first kappa shape index (κ1) is 22.5. The summed E-state index contributed by atoms with van der Waals surface area (Å²) in [4.78, 5) is 14.4. The third-order valence-corrected chi connectivity index (χ3v) is 5.47. The van der Waals surface area contributed by atoms with Gasteiger partial charge in [0.25, 0.3) is 5.91 Å². The number of aromatic nitrogens is 3. The molecule has 0 atom stereocenters. The van der Waals surface area contributed by atoms with E-state index in [1.54, 1.807) is 16.9 Å². The zero-order valence-electron chi connectivity index (χ0n) is 19.8. The van der Waals surface area contributed by atoms with Crippen molar-refractivity contribution in [2.45, 2.75) is 40.5 Å². The topological polar surface area (TPSA) is 69.0 Å². The quantitative estimate of drug-likeness (QED) is 0.373. The van der Waals surface area contributed by atoms with Crippen LogP contribution in [0.5, 0.6) is 5.75 Å². The molecule has 0 aliphatic heterocycles. The number of hydrogen-bond donors (Lipinski definition) is 1. The summed E-state index contributed by atoms with van der Waals surface area (Å²) in [6.45, 7) is 11.1. The Bertz CT molecular complexity index is 1260. The van der Waals surface area contributed by atoms with E-state index in [1.807, 2.05) is 43.3 Å². The van der Waals surface area contributed by atoms with Crippen LogP contribution < -0.4 is 10.1 Å². The van der Waals surface area contributed by atoms with E-state index in [9.17, 15) is 4.79 Å². The van der Waals surface area contributed by atoms with Crippen LogP contribution >= 0.6 is 0 Å². The van der Waals surface area contributed by atoms with Gasteiger partial charge in [-0.25, -0.2) is 0 Å². The molecule has 4 aromatic rings. The molecule has 1 N–H and O–H groups in total. The summed E-state index contributed by atoms with van der Waals surface area (Å²) >= 11 is 0. The average molecular weight is 443 g/mol. The summed E-state index contributed by atoms with van der Waals surface area (Å²) < 4.78 is 5.70. The van der Waals surface area contributed by atoms with Crippen LogP contribution in [0, 0.1) is 12.8 Å². The van der Waals surface area contributed by atoms with E-state index >= 15 is 0 Å². The van der Waals surface area contributed by atoms with Gasteiger partial charge in [-0.05, 0) is 78.4 Å². The molecule has 3 aromatic carbocycles. The first-order valence-corrected chi connectivity index (χ1v) is 11.3. The summed E-state index contributed by atoms with van der Waals surface area (Å²) in [5.41, 5.74) is 5.89. The van der Waals surface area contributed by atoms with Crippen molar-refractivity contribution in [3.05, 3.63) is 77.4 Å². The second-order valence-electron chi connectivity index (χ2n) is 9.07. The number of benzene rings is 3. The minimum atomic E-state index is -0.176. The van der Waals surface area contributed by atoms with E-state index in [4.69, 9.17) is 4.74 Å². The van der Waals surface area contributed by atoms with Gasteiger partial charge in [-0.2, -0.15) is 4.80 Å². The first-order valence-electron chi connectivity index (χ1n) is 11.3. The zero-order chi connectivity index (χ0) is 23.5. The Hall–Kier alpha value is -3.67. The molecule has 6 nitrogen and oxygen atoms in total. The van der Waals surface area contributed by atoms with Gasteiger partial charge in [0, 0.05) is 11.3 Å². The van der Waals surface area contributed by atoms with Crippen LogP contribution in [0.15, 0.2) is 60.7 Å². The SMILES string of the molecule is Cc1cc2nn(-c3ccc(C(C)C)cc3)nc2cc1NC(=O)c1ccc(OCC(C)C)cc1. The van der Waals surface area contributed by atoms with Crippen LogP contribution in [0.1, 0.15) is 55.1 Å². The number of carbonyl (C=O) groups is 1. The normalized spacial score (nSPS) is 11.4. The lowest BCUT2D eigenvalue weighted by atomic mass is 10.0. The van der Waals surface area contributed by atoms with Gasteiger partial charge < -0.3 is 10.1 Å². The van der Waals surface area contributed by atoms with Crippen LogP contribution in [-0.4, -0.2) is 27.5 Å². The maximum Gasteiger partial charge on any atom is 0.255 e. The standard InChI is InChI=1S/C27H30N4O2/c1-17(2)16-33-23-12-8-21(9-13-23)27(32)28-24-15-26-25(14-19(24)5)29-31(30-26)22-10-6-20(7-11-22)18(3)4/h6-15,17-18H,16H2,1-5H3,(H,28,32). The molecule has 170 valence electrons. The summed E-state index contributed by atoms with van der Waals surface area (Å²) in [5.74, 6) is 1.50. The van der Waals surface area contributed by atoms with Crippen LogP contribution in [-0.2, 0) is 0 Å². The van der Waals surface area contributed by atoms with Gasteiger partial charge in [0.15, 0.2) is 0 Å². The number of amides is 1. The molecule has 0 saturated carbocycles. The third kappa shape index (κ3) is 5.22. The number of carbonyl (C=O) groups excluding carboxylic acids is 1.